The van der Waals surface area contributed by atoms with E-state index in [1.807, 2.05) is 6.07 Å². The van der Waals surface area contributed by atoms with Gasteiger partial charge in [-0.05, 0) is 53.7 Å². The van der Waals surface area contributed by atoms with Gasteiger partial charge in [0.1, 0.15) is 0 Å². The maximum atomic E-state index is 5.82. The average Bonchev–Trinajstić information content (AvgIpc) is 2.80. The fourth-order valence-electron chi connectivity index (χ4n) is 2.60. The number of hydrogen-bond donors (Lipinski definition) is 1. The molecule has 0 amide bonds. The van der Waals surface area contributed by atoms with Crippen molar-refractivity contribution in [2.45, 2.75) is 19.3 Å². The molecule has 1 nitrogen and oxygen atoms in total. The Bertz CT molecular complexity index is 582. The molecule has 18 heavy (non-hydrogen) atoms. The van der Waals surface area contributed by atoms with Crippen molar-refractivity contribution in [3.05, 3.63) is 71.3 Å². The third-order valence-corrected chi connectivity index (χ3v) is 3.57. The van der Waals surface area contributed by atoms with Crippen LogP contribution in [0, 0.1) is 0 Å². The minimum absolute atomic E-state index is 0.873. The second kappa shape index (κ2) is 4.69. The molecule has 0 aliphatic heterocycles. The second-order valence-electron chi connectivity index (χ2n) is 4.84. The van der Waals surface area contributed by atoms with E-state index in [1.165, 1.54) is 22.3 Å². The number of fused-ring (bicyclic) bond motifs is 1. The maximum Gasteiger partial charge on any atom is 0.0317 e. The first-order chi connectivity index (χ1) is 8.83. The maximum absolute atomic E-state index is 5.82. The molecule has 0 atom stereocenters. The number of nitrogen functional groups attached to an aromatic ring is 1. The van der Waals surface area contributed by atoms with Gasteiger partial charge < -0.3 is 5.73 Å². The van der Waals surface area contributed by atoms with E-state index < -0.39 is 0 Å². The van der Waals surface area contributed by atoms with Crippen molar-refractivity contribution in [3.63, 3.8) is 0 Å². The molecule has 0 saturated carbocycles. The van der Waals surface area contributed by atoms with Gasteiger partial charge in [0.15, 0.2) is 0 Å². The lowest BCUT2D eigenvalue weighted by Gasteiger charge is -2.02. The Labute approximate surface area is 108 Å². The van der Waals surface area contributed by atoms with E-state index >= 15 is 0 Å². The van der Waals surface area contributed by atoms with Crippen LogP contribution in [0.3, 0.4) is 0 Å². The highest BCUT2D eigenvalue weighted by molar-refractivity contribution is 5.74. The van der Waals surface area contributed by atoms with E-state index in [1.54, 1.807) is 0 Å². The van der Waals surface area contributed by atoms with Gasteiger partial charge >= 0.3 is 0 Å². The molecule has 3 rings (SSSR count). The van der Waals surface area contributed by atoms with Gasteiger partial charge in [0.25, 0.3) is 0 Å². The molecule has 2 aromatic rings. The first kappa shape index (κ1) is 11.1. The van der Waals surface area contributed by atoms with Gasteiger partial charge in [-0.3, -0.25) is 0 Å². The highest BCUT2D eigenvalue weighted by atomic mass is 14.5. The molecule has 0 spiro atoms. The number of hydrogen-bond acceptors (Lipinski definition) is 1. The van der Waals surface area contributed by atoms with Crippen molar-refractivity contribution in [2.75, 3.05) is 5.73 Å². The third-order valence-electron chi connectivity index (χ3n) is 3.57. The van der Waals surface area contributed by atoms with E-state index in [2.05, 4.69) is 48.5 Å². The van der Waals surface area contributed by atoms with Crippen LogP contribution in [0.25, 0.3) is 5.57 Å². The van der Waals surface area contributed by atoms with Crippen molar-refractivity contribution in [1.82, 2.24) is 0 Å². The normalized spacial score (nSPS) is 15.9. The lowest BCUT2D eigenvalue weighted by atomic mass is 10.0. The zero-order valence-electron chi connectivity index (χ0n) is 10.4. The molecule has 0 saturated heterocycles. The van der Waals surface area contributed by atoms with Crippen LogP contribution in [0.1, 0.15) is 23.1 Å². The Morgan fingerprint density at radius 2 is 1.83 bits per heavy atom. The summed E-state index contributed by atoms with van der Waals surface area (Å²) in [5, 5.41) is 0. The Hall–Kier alpha value is -2.02. The standard InChI is InChI=1S/C17H17N/c18-16-10-11-17-14(8-9-15(17)12-16)7-6-13-4-2-1-3-5-13/h1-5,7,10-12H,6,8-9,18H2. The summed E-state index contributed by atoms with van der Waals surface area (Å²) >= 11 is 0. The minimum Gasteiger partial charge on any atom is -0.399 e. The van der Waals surface area contributed by atoms with Gasteiger partial charge in [0.2, 0.25) is 0 Å². The molecule has 0 unspecified atom stereocenters. The highest BCUT2D eigenvalue weighted by Gasteiger charge is 2.15. The summed E-state index contributed by atoms with van der Waals surface area (Å²) < 4.78 is 0. The van der Waals surface area contributed by atoms with E-state index in [9.17, 15) is 0 Å². The smallest absolute Gasteiger partial charge is 0.0317 e. The number of benzene rings is 2. The van der Waals surface area contributed by atoms with Crippen LogP contribution in [0.4, 0.5) is 5.69 Å². The molecule has 1 heteroatoms. The predicted molar refractivity (Wildman–Crippen MR) is 77.3 cm³/mol. The Morgan fingerprint density at radius 1 is 1.00 bits per heavy atom. The fraction of sp³-hybridized carbons (Fsp3) is 0.176. The Balaban J connectivity index is 1.84. The molecule has 1 aliphatic rings. The minimum atomic E-state index is 0.873. The van der Waals surface area contributed by atoms with Crippen molar-refractivity contribution in [3.8, 4) is 0 Å². The van der Waals surface area contributed by atoms with Crippen LogP contribution in [0.15, 0.2) is 54.6 Å². The number of nitrogens with two attached hydrogens (primary N) is 1. The number of anilines is 1. The van der Waals surface area contributed by atoms with E-state index in [0.717, 1.165) is 24.9 Å². The Kier molecular flexibility index (Phi) is 2.89. The van der Waals surface area contributed by atoms with E-state index in [4.69, 9.17) is 5.73 Å². The van der Waals surface area contributed by atoms with Crippen LogP contribution >= 0.6 is 0 Å². The first-order valence-electron chi connectivity index (χ1n) is 6.44. The lowest BCUT2D eigenvalue weighted by molar-refractivity contribution is 1.08. The zero-order chi connectivity index (χ0) is 12.4. The lowest BCUT2D eigenvalue weighted by Crippen LogP contribution is -1.88. The van der Waals surface area contributed by atoms with E-state index in [0.29, 0.717) is 0 Å². The quantitative estimate of drug-likeness (QED) is 0.786. The summed E-state index contributed by atoms with van der Waals surface area (Å²) in [6.07, 6.45) is 5.64. The number of aryl methyl sites for hydroxylation is 1. The largest absolute Gasteiger partial charge is 0.399 e. The number of allylic oxidation sites excluding steroid dienone is 2. The van der Waals surface area contributed by atoms with Crippen molar-refractivity contribution < 1.29 is 0 Å². The molecule has 0 aromatic heterocycles. The van der Waals surface area contributed by atoms with E-state index in [-0.39, 0.29) is 0 Å². The Morgan fingerprint density at radius 3 is 2.67 bits per heavy atom. The first-order valence-corrected chi connectivity index (χ1v) is 6.44. The summed E-state index contributed by atoms with van der Waals surface area (Å²) in [7, 11) is 0. The van der Waals surface area contributed by atoms with Gasteiger partial charge in [-0.15, -0.1) is 0 Å². The van der Waals surface area contributed by atoms with Gasteiger partial charge in [-0.2, -0.15) is 0 Å². The second-order valence-corrected chi connectivity index (χ2v) is 4.84. The molecular formula is C17H17N. The predicted octanol–water partition coefficient (Wildman–Crippen LogP) is 3.84. The topological polar surface area (TPSA) is 26.0 Å². The van der Waals surface area contributed by atoms with Crippen LogP contribution < -0.4 is 5.73 Å². The van der Waals surface area contributed by atoms with Gasteiger partial charge in [0.05, 0.1) is 0 Å². The van der Waals surface area contributed by atoms with Gasteiger partial charge in [-0.25, -0.2) is 0 Å². The molecule has 0 fully saturated rings. The van der Waals surface area contributed by atoms with Gasteiger partial charge in [0, 0.05) is 5.69 Å². The van der Waals surface area contributed by atoms with Gasteiger partial charge in [-0.1, -0.05) is 42.5 Å². The molecule has 0 heterocycles. The molecule has 0 radical (unpaired) electrons. The molecule has 0 bridgehead atoms. The van der Waals surface area contributed by atoms with Crippen molar-refractivity contribution in [1.29, 1.82) is 0 Å². The van der Waals surface area contributed by atoms with Crippen molar-refractivity contribution >= 4 is 11.3 Å². The zero-order valence-corrected chi connectivity index (χ0v) is 10.4. The van der Waals surface area contributed by atoms with Crippen LogP contribution in [0.2, 0.25) is 0 Å². The summed E-state index contributed by atoms with van der Waals surface area (Å²) in [6.45, 7) is 0. The monoisotopic (exact) mass is 235 g/mol. The van der Waals surface area contributed by atoms with Crippen molar-refractivity contribution in [2.24, 2.45) is 0 Å². The molecule has 2 N–H and O–H groups in total. The number of rotatable bonds is 2. The molecule has 1 aliphatic carbocycles. The third kappa shape index (κ3) is 2.17. The summed E-state index contributed by atoms with van der Waals surface area (Å²) in [4.78, 5) is 0. The molecular weight excluding hydrogens is 218 g/mol. The van der Waals surface area contributed by atoms with Crippen LogP contribution in [-0.4, -0.2) is 0 Å². The summed E-state index contributed by atoms with van der Waals surface area (Å²) in [5.74, 6) is 0. The molecule has 2 aromatic carbocycles. The summed E-state index contributed by atoms with van der Waals surface area (Å²) in [6, 6.07) is 16.9. The average molecular weight is 235 g/mol. The highest BCUT2D eigenvalue weighted by Crippen LogP contribution is 2.33. The molecule has 90 valence electrons. The van der Waals surface area contributed by atoms with Crippen LogP contribution in [0.5, 0.6) is 0 Å². The SMILES string of the molecule is Nc1ccc2c(c1)CCC2=CCc1ccccc1. The summed E-state index contributed by atoms with van der Waals surface area (Å²) in [5.41, 5.74) is 12.3. The van der Waals surface area contributed by atoms with Crippen LogP contribution in [-0.2, 0) is 12.8 Å². The fourth-order valence-corrected chi connectivity index (χ4v) is 2.60.